The number of unbranched alkanes of at least 4 members (excludes halogenated alkanes) is 2. The molecule has 6 aromatic rings. The molecule has 0 saturated carbocycles. The Morgan fingerprint density at radius 1 is 0.583 bits per heavy atom. The fraction of sp³-hybridized carbons (Fsp3) is 0.533. The fourth-order valence-corrected chi connectivity index (χ4v) is 16.9. The molecule has 0 radical (unpaired) electrons. The minimum absolute atomic E-state index is 0.0109. The highest BCUT2D eigenvalue weighted by molar-refractivity contribution is 8.00. The molecule has 15 atom stereocenters. The fourth-order valence-electron chi connectivity index (χ4n) is 16.0. The summed E-state index contributed by atoms with van der Waals surface area (Å²) < 4.78 is 0. The number of ketones is 1. The number of benzene rings is 3. The van der Waals surface area contributed by atoms with Crippen molar-refractivity contribution >= 4 is 134 Å². The summed E-state index contributed by atoms with van der Waals surface area (Å²) in [5.41, 5.74) is 15.4. The second kappa shape index (κ2) is 50.0. The number of carbonyl (C=O) groups excluding carboxylic acids is 16. The standard InChI is InChI=1S/C90H126N20O21S/c1-11-13-24-71(107(9)90(131)73(25-14-12-2)108(10)87(128)68(37-55-41-95-63-23-18-16-21-60(55)63)103-83(124)69(45-111)104-80(121)61(91)36-54-40-94-62-22-17-15-20-59(54)62)84(125)98-50(5)78(119)105-70(81(122)96-43-75(92)115)46-132-47-76(116)99-67(35-53-27-29-57(113)30-28-53)86(127)106(8)51(6)79(120)100-64(31-32-77(117)118)88(129)109-33-19-26-72(109)85(126)101-65(38-56-42-93-48-97-56)82(123)102-66(34-49(3)4)89(130)110-44-58(114)39-74(110)52(7)112/h15-18,20-23,27-30,40-42,48-51,58,61,64-74,94-95,111,113-114H,11-14,19,24-26,31-39,43-47,91H2,1-10H3,(H2,92,115)(H,93,97)(H,96,122)(H,98,125)(H,99,116)(H,100,120)(H,101,126)(H,102,123)(H,103,124)(H,104,121)(H,105,119)(H,117,118)/t50-,51-,58+,61-,64-,65-,66-,67-,68-,69-,70-,71-,72-,73-,74-/m0/s1. The van der Waals surface area contributed by atoms with Crippen LogP contribution in [0.5, 0.6) is 5.75 Å². The number of carbonyl (C=O) groups is 17. The number of thioether (sulfide) groups is 1. The Balaban J connectivity index is 0.921. The SMILES string of the molecule is CCCC[C@@H](C(=O)N(C)[C@@H](CCCC)C(=O)N[C@@H](C)C(=O)N[C@@H](CSCC(=O)N[C@@H](Cc1ccc(O)cc1)C(=O)N(C)[C@@H](C)C(=O)N[C@@H](CCC(=O)O)C(=O)N1CCC[C@H]1C(=O)N[C@@H](Cc1cnc[nH]1)C(=O)N[C@@H](CC(C)C)C(=O)N1C[C@H](O)C[C@H]1C(C)=O)C(=O)NCC(N)=O)N(C)C(=O)[C@H](Cc1c[nH]c2ccccc12)NC(=O)[C@H](CO)NC(=O)[C@@H](N)Cc1c[nH]c2ccccc12. The van der Waals surface area contributed by atoms with E-state index >= 15 is 9.59 Å². The van der Waals surface area contributed by atoms with Crippen molar-refractivity contribution in [2.45, 2.75) is 242 Å². The third-order valence-corrected chi connectivity index (χ3v) is 24.6. The number of para-hydroxylation sites is 2. The van der Waals surface area contributed by atoms with Crippen LogP contribution in [0.3, 0.4) is 0 Å². The Kier molecular flexibility index (Phi) is 39.6. The molecule has 5 heterocycles. The molecular weight excluding hydrogens is 1730 g/mol. The number of aliphatic hydroxyl groups is 2. The van der Waals surface area contributed by atoms with E-state index in [9.17, 15) is 92.3 Å². The zero-order valence-electron chi connectivity index (χ0n) is 76.0. The van der Waals surface area contributed by atoms with Gasteiger partial charge in [-0.15, -0.1) is 11.8 Å². The Labute approximate surface area is 768 Å². The number of carboxylic acid groups (broad SMARTS) is 1. The van der Waals surface area contributed by atoms with E-state index < -0.39 is 223 Å². The van der Waals surface area contributed by atoms with Gasteiger partial charge in [0.1, 0.15) is 78.3 Å². The smallest absolute Gasteiger partial charge is 0.303 e. The minimum atomic E-state index is -1.62. The van der Waals surface area contributed by atoms with Crippen LogP contribution in [0.1, 0.15) is 148 Å². The molecule has 2 aliphatic heterocycles. The van der Waals surface area contributed by atoms with E-state index in [4.69, 9.17) is 11.5 Å². The van der Waals surface area contributed by atoms with Gasteiger partial charge < -0.3 is 119 Å². The summed E-state index contributed by atoms with van der Waals surface area (Å²) in [6, 6.07) is 1.08. The number of rotatable bonds is 51. The van der Waals surface area contributed by atoms with E-state index in [0.29, 0.717) is 42.5 Å². The number of H-pyrrole nitrogens is 3. The molecule has 41 nitrogen and oxygen atoms in total. The molecule has 15 amide bonds. The lowest BCUT2D eigenvalue weighted by Gasteiger charge is -2.36. The van der Waals surface area contributed by atoms with Crippen LogP contribution in [0.4, 0.5) is 0 Å². The number of aromatic nitrogens is 4. The summed E-state index contributed by atoms with van der Waals surface area (Å²) in [6.07, 6.45) is 5.95. The van der Waals surface area contributed by atoms with Crippen LogP contribution < -0.4 is 59.3 Å². The number of carboxylic acids is 1. The summed E-state index contributed by atoms with van der Waals surface area (Å²) in [6.45, 7) is 9.45. The molecule has 0 spiro atoms. The molecule has 0 bridgehead atoms. The number of Topliss-reactive ketones (excluding diaryl/α,β-unsaturated/α-hetero) is 1. The molecule has 3 aromatic heterocycles. The van der Waals surface area contributed by atoms with Crippen LogP contribution in [0.15, 0.2) is 97.7 Å². The number of amides is 15. The first-order valence-electron chi connectivity index (χ1n) is 44.3. The van der Waals surface area contributed by atoms with Gasteiger partial charge in [0.05, 0.1) is 43.4 Å². The van der Waals surface area contributed by atoms with E-state index in [2.05, 4.69) is 67.8 Å². The second-order valence-electron chi connectivity index (χ2n) is 34.1. The minimum Gasteiger partial charge on any atom is -0.508 e. The lowest BCUT2D eigenvalue weighted by Crippen LogP contribution is -2.60. The molecule has 132 heavy (non-hydrogen) atoms. The predicted molar refractivity (Wildman–Crippen MR) is 486 cm³/mol. The van der Waals surface area contributed by atoms with Gasteiger partial charge in [-0.3, -0.25) is 81.5 Å². The number of likely N-dealkylation sites (tertiary alicyclic amines) is 2. The first-order chi connectivity index (χ1) is 62.7. The van der Waals surface area contributed by atoms with Gasteiger partial charge in [-0.05, 0) is 113 Å². The molecule has 2 saturated heterocycles. The van der Waals surface area contributed by atoms with Crippen LogP contribution in [-0.4, -0.2) is 315 Å². The van der Waals surface area contributed by atoms with E-state index in [1.54, 1.807) is 18.5 Å². The second-order valence-corrected chi connectivity index (χ2v) is 35.1. The number of likely N-dealkylation sites (N-methyl/N-ethyl adjacent to an activating group) is 3. The molecule has 42 heteroatoms. The molecule has 2 aliphatic rings. The lowest BCUT2D eigenvalue weighted by molar-refractivity contribution is -0.149. The normalized spacial score (nSPS) is 17.0. The zero-order chi connectivity index (χ0) is 96.9. The number of nitrogens with two attached hydrogens (primary N) is 2. The van der Waals surface area contributed by atoms with E-state index in [1.807, 2.05) is 70.2 Å². The summed E-state index contributed by atoms with van der Waals surface area (Å²) >= 11 is 0.778. The Hall–Kier alpha value is -12.8. The molecule has 0 aliphatic carbocycles. The molecule has 0 unspecified atom stereocenters. The number of imidazole rings is 1. The van der Waals surface area contributed by atoms with Crippen LogP contribution in [0, 0.1) is 5.92 Å². The number of phenols is 1. The van der Waals surface area contributed by atoms with Crippen LogP contribution in [-0.2, 0) is 107 Å². The zero-order valence-corrected chi connectivity index (χ0v) is 76.8. The maximum absolute atomic E-state index is 15.2. The summed E-state index contributed by atoms with van der Waals surface area (Å²) in [7, 11) is 3.99. The summed E-state index contributed by atoms with van der Waals surface area (Å²) in [5, 5.41) is 66.2. The number of phenolic OH excluding ortho intramolecular Hbond substituents is 1. The quantitative estimate of drug-likeness (QED) is 0.0223. The van der Waals surface area contributed by atoms with Gasteiger partial charge in [-0.1, -0.05) is 102 Å². The molecule has 8 rings (SSSR count). The van der Waals surface area contributed by atoms with Crippen LogP contribution >= 0.6 is 11.8 Å². The van der Waals surface area contributed by atoms with Crippen molar-refractivity contribution in [1.82, 2.24) is 92.3 Å². The molecule has 2 fully saturated rings. The van der Waals surface area contributed by atoms with Gasteiger partial charge in [0.2, 0.25) is 88.6 Å². The highest BCUT2D eigenvalue weighted by Crippen LogP contribution is 2.28. The van der Waals surface area contributed by atoms with Crippen molar-refractivity contribution in [3.8, 4) is 5.75 Å². The van der Waals surface area contributed by atoms with Crippen molar-refractivity contribution < 1.29 is 102 Å². The number of aliphatic hydroxyl groups excluding tert-OH is 2. The van der Waals surface area contributed by atoms with Gasteiger partial charge in [0.25, 0.3) is 0 Å². The van der Waals surface area contributed by atoms with E-state index in [-0.39, 0.29) is 94.7 Å². The highest BCUT2D eigenvalue weighted by atomic mass is 32.2. The van der Waals surface area contributed by atoms with Gasteiger partial charge in [0.15, 0.2) is 5.78 Å². The van der Waals surface area contributed by atoms with E-state index in [0.717, 1.165) is 48.9 Å². The van der Waals surface area contributed by atoms with Gasteiger partial charge in [0, 0.05) is 118 Å². The average Bonchev–Trinajstić information content (AvgIpc) is 1.51. The highest BCUT2D eigenvalue weighted by Gasteiger charge is 2.45. The Morgan fingerprint density at radius 2 is 1.15 bits per heavy atom. The summed E-state index contributed by atoms with van der Waals surface area (Å²) in [5.74, 6) is -15.5. The third kappa shape index (κ3) is 29.3. The van der Waals surface area contributed by atoms with Gasteiger partial charge in [-0.25, -0.2) is 4.98 Å². The number of aromatic amines is 3. The van der Waals surface area contributed by atoms with Crippen molar-refractivity contribution in [2.24, 2.45) is 17.4 Å². The van der Waals surface area contributed by atoms with Crippen molar-refractivity contribution in [2.75, 3.05) is 58.9 Å². The maximum atomic E-state index is 15.2. The number of nitrogens with zero attached hydrogens (tertiary/aromatic N) is 6. The molecule has 718 valence electrons. The van der Waals surface area contributed by atoms with Crippen molar-refractivity contribution in [1.29, 1.82) is 0 Å². The number of aromatic hydroxyl groups is 1. The lowest BCUT2D eigenvalue weighted by atomic mass is 10.00. The summed E-state index contributed by atoms with van der Waals surface area (Å²) in [4.78, 5) is 258. The number of fused-ring (bicyclic) bond motifs is 2. The van der Waals surface area contributed by atoms with Crippen molar-refractivity contribution in [3.63, 3.8) is 0 Å². The first kappa shape index (κ1) is 105. The van der Waals surface area contributed by atoms with Gasteiger partial charge >= 0.3 is 5.97 Å². The first-order valence-corrected chi connectivity index (χ1v) is 45.5. The van der Waals surface area contributed by atoms with Crippen molar-refractivity contribution in [3.05, 3.63) is 120 Å². The number of β-amino-alcohol motifs (C(OH)–C–C–N with tert-alkyl or cyclic N) is 1. The van der Waals surface area contributed by atoms with Crippen LogP contribution in [0.2, 0.25) is 0 Å². The van der Waals surface area contributed by atoms with Crippen LogP contribution in [0.25, 0.3) is 21.8 Å². The number of hydrogen-bond acceptors (Lipinski definition) is 23. The molecule has 20 N–H and O–H groups in total. The number of hydrogen-bond donors (Lipinski definition) is 18. The Bertz CT molecular complexity index is 5050. The van der Waals surface area contributed by atoms with E-state index in [1.165, 1.54) is 93.4 Å². The number of nitrogens with one attached hydrogen (secondary N) is 12. The maximum Gasteiger partial charge on any atom is 0.303 e. The molecule has 3 aromatic carbocycles. The number of primary amides is 1. The monoisotopic (exact) mass is 1850 g/mol. The largest absolute Gasteiger partial charge is 0.508 e. The van der Waals surface area contributed by atoms with Gasteiger partial charge in [-0.2, -0.15) is 0 Å². The average molecular weight is 1860 g/mol. The predicted octanol–water partition coefficient (Wildman–Crippen LogP) is -0.765. The third-order valence-electron chi connectivity index (χ3n) is 23.6. The number of aliphatic carboxylic acids is 1. The Morgan fingerprint density at radius 3 is 1.75 bits per heavy atom. The molecular formula is C90H126N20O21S. The topological polar surface area (TPSA) is 608 Å².